The summed E-state index contributed by atoms with van der Waals surface area (Å²) in [6.07, 6.45) is 0.0879. The number of carbonyl (C=O) groups excluding carboxylic acids is 3. The van der Waals surface area contributed by atoms with E-state index >= 15 is 0 Å². The average molecular weight is 432 g/mol. The molecule has 1 aliphatic rings. The number of nitrogens with zero attached hydrogens (tertiary/aromatic N) is 1. The van der Waals surface area contributed by atoms with E-state index < -0.39 is 17.7 Å². The lowest BCUT2D eigenvalue weighted by atomic mass is 10.1. The number of halogens is 1. The molecule has 2 N–H and O–H groups in total. The zero-order valence-electron chi connectivity index (χ0n) is 14.6. The van der Waals surface area contributed by atoms with E-state index in [4.69, 9.17) is 4.74 Å². The Labute approximate surface area is 164 Å². The van der Waals surface area contributed by atoms with Crippen molar-refractivity contribution in [1.82, 2.24) is 10.9 Å². The quantitative estimate of drug-likeness (QED) is 0.726. The normalized spacial score (nSPS) is 16.1. The largest absolute Gasteiger partial charge is 0.497 e. The highest BCUT2D eigenvalue weighted by Crippen LogP contribution is 2.26. The molecule has 2 aromatic carbocycles. The summed E-state index contributed by atoms with van der Waals surface area (Å²) in [6, 6.07) is 13.9. The minimum Gasteiger partial charge on any atom is -0.497 e. The van der Waals surface area contributed by atoms with Gasteiger partial charge < -0.3 is 9.64 Å². The van der Waals surface area contributed by atoms with Crippen LogP contribution < -0.4 is 20.5 Å². The molecular weight excluding hydrogens is 414 g/mol. The molecule has 8 heteroatoms. The smallest absolute Gasteiger partial charge is 0.269 e. The number of hydrogen-bond acceptors (Lipinski definition) is 4. The molecule has 0 spiro atoms. The fraction of sp³-hybridized carbons (Fsp3) is 0.211. The number of anilines is 1. The Morgan fingerprint density at radius 2 is 1.89 bits per heavy atom. The van der Waals surface area contributed by atoms with Gasteiger partial charge in [0.1, 0.15) is 5.75 Å². The van der Waals surface area contributed by atoms with Gasteiger partial charge in [-0.3, -0.25) is 25.2 Å². The van der Waals surface area contributed by atoms with E-state index in [0.29, 0.717) is 17.0 Å². The van der Waals surface area contributed by atoms with E-state index in [0.717, 1.165) is 4.47 Å². The second kappa shape index (κ2) is 8.22. The second-order valence-corrected chi connectivity index (χ2v) is 6.97. The van der Waals surface area contributed by atoms with Crippen LogP contribution in [-0.4, -0.2) is 31.4 Å². The second-order valence-electron chi connectivity index (χ2n) is 6.06. The van der Waals surface area contributed by atoms with Crippen LogP contribution in [0.4, 0.5) is 5.69 Å². The van der Waals surface area contributed by atoms with Crippen LogP contribution in [-0.2, 0) is 9.59 Å². The van der Waals surface area contributed by atoms with Crippen molar-refractivity contribution in [1.29, 1.82) is 0 Å². The number of benzene rings is 2. The fourth-order valence-electron chi connectivity index (χ4n) is 2.82. The molecule has 27 heavy (non-hydrogen) atoms. The molecule has 0 unspecified atom stereocenters. The molecule has 7 nitrogen and oxygen atoms in total. The van der Waals surface area contributed by atoms with E-state index in [9.17, 15) is 14.4 Å². The summed E-state index contributed by atoms with van der Waals surface area (Å²) in [5.41, 5.74) is 5.89. The Morgan fingerprint density at radius 1 is 1.15 bits per heavy atom. The highest BCUT2D eigenvalue weighted by Gasteiger charge is 2.35. The number of ether oxygens (including phenoxy) is 1. The molecule has 1 saturated heterocycles. The first-order valence-corrected chi connectivity index (χ1v) is 9.07. The van der Waals surface area contributed by atoms with E-state index in [2.05, 4.69) is 26.8 Å². The van der Waals surface area contributed by atoms with Gasteiger partial charge in [-0.2, -0.15) is 0 Å². The number of methoxy groups -OCH3 is 1. The van der Waals surface area contributed by atoms with Crippen molar-refractivity contribution >= 4 is 39.3 Å². The molecule has 0 saturated carbocycles. The summed E-state index contributed by atoms with van der Waals surface area (Å²) in [4.78, 5) is 38.2. The Balaban J connectivity index is 1.57. The number of rotatable bonds is 4. The van der Waals surface area contributed by atoms with Gasteiger partial charge in [0.05, 0.1) is 13.0 Å². The summed E-state index contributed by atoms with van der Waals surface area (Å²) < 4.78 is 5.87. The summed E-state index contributed by atoms with van der Waals surface area (Å²) in [5, 5.41) is 0. The van der Waals surface area contributed by atoms with Gasteiger partial charge in [-0.1, -0.05) is 22.0 Å². The third-order valence-electron chi connectivity index (χ3n) is 4.27. The zero-order valence-corrected chi connectivity index (χ0v) is 16.2. The molecule has 3 amide bonds. The molecule has 0 radical (unpaired) electrons. The van der Waals surface area contributed by atoms with Crippen molar-refractivity contribution in [2.45, 2.75) is 6.42 Å². The molecule has 0 bridgehead atoms. The zero-order chi connectivity index (χ0) is 19.4. The Kier molecular flexibility index (Phi) is 5.75. The lowest BCUT2D eigenvalue weighted by Gasteiger charge is -2.17. The number of hydrogen-bond donors (Lipinski definition) is 2. The standard InChI is InChI=1S/C19H18BrN3O4/c1-27-16-7-5-15(6-8-16)23-11-13(10-17(23)24)19(26)22-21-18(25)12-3-2-4-14(20)9-12/h2-9,13H,10-11H2,1H3,(H,21,25)(H,22,26)/t13-/m0/s1. The number of hydrazine groups is 1. The van der Waals surface area contributed by atoms with Gasteiger partial charge in [-0.05, 0) is 42.5 Å². The average Bonchev–Trinajstić information content (AvgIpc) is 3.07. The minimum absolute atomic E-state index is 0.0879. The topological polar surface area (TPSA) is 87.7 Å². The third kappa shape index (κ3) is 4.46. The molecule has 140 valence electrons. The molecule has 0 aliphatic carbocycles. The molecule has 2 aromatic rings. The maximum absolute atomic E-state index is 12.3. The van der Waals surface area contributed by atoms with E-state index in [1.807, 2.05) is 0 Å². The lowest BCUT2D eigenvalue weighted by molar-refractivity contribution is -0.126. The van der Waals surface area contributed by atoms with E-state index in [1.54, 1.807) is 60.5 Å². The van der Waals surface area contributed by atoms with Crippen LogP contribution in [0, 0.1) is 5.92 Å². The Hall–Kier alpha value is -2.87. The summed E-state index contributed by atoms with van der Waals surface area (Å²) in [5.74, 6) is -0.820. The number of amides is 3. The molecule has 1 fully saturated rings. The first-order chi connectivity index (χ1) is 13.0. The predicted octanol–water partition coefficient (Wildman–Crippen LogP) is 2.27. The SMILES string of the molecule is COc1ccc(N2C[C@@H](C(=O)NNC(=O)c3cccc(Br)c3)CC2=O)cc1. The Bertz CT molecular complexity index is 870. The highest BCUT2D eigenvalue weighted by atomic mass is 79.9. The van der Waals surface area contributed by atoms with Gasteiger partial charge in [0.2, 0.25) is 11.8 Å². The van der Waals surface area contributed by atoms with Crippen LogP contribution in [0.25, 0.3) is 0 Å². The van der Waals surface area contributed by atoms with Crippen LogP contribution in [0.1, 0.15) is 16.8 Å². The molecule has 1 heterocycles. The van der Waals surface area contributed by atoms with Crippen LogP contribution in [0.5, 0.6) is 5.75 Å². The molecule has 0 aromatic heterocycles. The van der Waals surface area contributed by atoms with Crippen LogP contribution in [0.3, 0.4) is 0 Å². The lowest BCUT2D eigenvalue weighted by Crippen LogP contribution is -2.45. The monoisotopic (exact) mass is 431 g/mol. The minimum atomic E-state index is -0.539. The third-order valence-corrected chi connectivity index (χ3v) is 4.76. The summed E-state index contributed by atoms with van der Waals surface area (Å²) >= 11 is 3.29. The van der Waals surface area contributed by atoms with E-state index in [-0.39, 0.29) is 18.9 Å². The van der Waals surface area contributed by atoms with Crippen molar-refractivity contribution < 1.29 is 19.1 Å². The van der Waals surface area contributed by atoms with Crippen molar-refractivity contribution in [3.8, 4) is 5.75 Å². The first-order valence-electron chi connectivity index (χ1n) is 8.28. The maximum atomic E-state index is 12.3. The maximum Gasteiger partial charge on any atom is 0.269 e. The highest BCUT2D eigenvalue weighted by molar-refractivity contribution is 9.10. The molecule has 1 aliphatic heterocycles. The van der Waals surface area contributed by atoms with Crippen molar-refractivity contribution in [3.63, 3.8) is 0 Å². The van der Waals surface area contributed by atoms with Crippen molar-refractivity contribution in [3.05, 3.63) is 58.6 Å². The van der Waals surface area contributed by atoms with Gasteiger partial charge in [0, 0.05) is 28.7 Å². The van der Waals surface area contributed by atoms with Gasteiger partial charge in [-0.25, -0.2) is 0 Å². The summed E-state index contributed by atoms with van der Waals surface area (Å²) in [7, 11) is 1.57. The Morgan fingerprint density at radius 3 is 2.56 bits per heavy atom. The number of carbonyl (C=O) groups is 3. The molecule has 1 atom stereocenters. The van der Waals surface area contributed by atoms with E-state index in [1.165, 1.54) is 0 Å². The van der Waals surface area contributed by atoms with Gasteiger partial charge in [0.25, 0.3) is 5.91 Å². The first kappa shape index (κ1) is 18.9. The van der Waals surface area contributed by atoms with Crippen molar-refractivity contribution in [2.75, 3.05) is 18.6 Å². The summed E-state index contributed by atoms with van der Waals surface area (Å²) in [6.45, 7) is 0.254. The van der Waals surface area contributed by atoms with Crippen molar-refractivity contribution in [2.24, 2.45) is 5.92 Å². The van der Waals surface area contributed by atoms with Gasteiger partial charge in [-0.15, -0.1) is 0 Å². The molecular formula is C19H18BrN3O4. The van der Waals surface area contributed by atoms with Gasteiger partial charge in [0.15, 0.2) is 0 Å². The molecule has 3 rings (SSSR count). The fourth-order valence-corrected chi connectivity index (χ4v) is 3.22. The van der Waals surface area contributed by atoms with Crippen LogP contribution >= 0.6 is 15.9 Å². The van der Waals surface area contributed by atoms with Crippen LogP contribution in [0.2, 0.25) is 0 Å². The number of nitrogens with one attached hydrogen (secondary N) is 2. The van der Waals surface area contributed by atoms with Crippen LogP contribution in [0.15, 0.2) is 53.0 Å². The predicted molar refractivity (Wildman–Crippen MR) is 103 cm³/mol. The van der Waals surface area contributed by atoms with Gasteiger partial charge >= 0.3 is 0 Å².